The van der Waals surface area contributed by atoms with Gasteiger partial charge >= 0.3 is 0 Å². The van der Waals surface area contributed by atoms with Crippen LogP contribution in [0.1, 0.15) is 57.2 Å². The average molecular weight is 279 g/mol. The van der Waals surface area contributed by atoms with Crippen molar-refractivity contribution >= 4 is 0 Å². The molecule has 2 aliphatic rings. The Balaban J connectivity index is 1.65. The minimum atomic E-state index is -0.122. The molecule has 2 heterocycles. The highest BCUT2D eigenvalue weighted by atomic mass is 16.4. The van der Waals surface area contributed by atoms with E-state index in [-0.39, 0.29) is 6.10 Å². The van der Waals surface area contributed by atoms with Gasteiger partial charge in [-0.1, -0.05) is 19.8 Å². The van der Waals surface area contributed by atoms with Gasteiger partial charge < -0.3 is 9.52 Å². The van der Waals surface area contributed by atoms with Crippen LogP contribution < -0.4 is 0 Å². The molecule has 1 aromatic heterocycles. The number of aryl methyl sites for hydroxylation is 1. The second-order valence-electron chi connectivity index (χ2n) is 6.14. The summed E-state index contributed by atoms with van der Waals surface area (Å²) in [6.45, 7) is 3.84. The van der Waals surface area contributed by atoms with Crippen LogP contribution >= 0.6 is 0 Å². The van der Waals surface area contributed by atoms with Crippen LogP contribution in [0, 0.1) is 5.92 Å². The third kappa shape index (κ3) is 2.88. The molecule has 3 rings (SSSR count). The first-order valence-corrected chi connectivity index (χ1v) is 8.01. The van der Waals surface area contributed by atoms with E-state index in [0.29, 0.717) is 17.9 Å². The monoisotopic (exact) mass is 279 g/mol. The number of rotatable bonds is 4. The fraction of sp³-hybridized carbons (Fsp3) is 0.867. The lowest BCUT2D eigenvalue weighted by molar-refractivity contribution is 0.0181. The Morgan fingerprint density at radius 1 is 1.15 bits per heavy atom. The molecule has 1 aliphatic carbocycles. The van der Waals surface area contributed by atoms with E-state index in [4.69, 9.17) is 4.42 Å². The summed E-state index contributed by atoms with van der Waals surface area (Å²) in [6.07, 6.45) is 7.63. The number of likely N-dealkylation sites (tertiary alicyclic amines) is 1. The minimum Gasteiger partial charge on any atom is -0.424 e. The van der Waals surface area contributed by atoms with Gasteiger partial charge in [0.1, 0.15) is 0 Å². The Morgan fingerprint density at radius 3 is 2.70 bits per heavy atom. The van der Waals surface area contributed by atoms with Crippen molar-refractivity contribution in [3.05, 3.63) is 11.8 Å². The molecule has 2 fully saturated rings. The fourth-order valence-electron chi connectivity index (χ4n) is 3.79. The lowest BCUT2D eigenvalue weighted by Crippen LogP contribution is -2.42. The standard InChI is InChI=1S/C15H25N3O2/c1-2-14-16-17-15(20-14)10-18-9-5-7-12(18)11-6-3-4-8-13(11)19/h11-13,19H,2-10H2,1H3. The molecule has 3 atom stereocenters. The number of hydrogen-bond acceptors (Lipinski definition) is 5. The van der Waals surface area contributed by atoms with E-state index in [1.54, 1.807) is 0 Å². The Bertz CT molecular complexity index is 435. The number of aromatic nitrogens is 2. The highest BCUT2D eigenvalue weighted by Gasteiger charge is 2.37. The normalized spacial score (nSPS) is 31.8. The van der Waals surface area contributed by atoms with Crippen molar-refractivity contribution in [2.75, 3.05) is 6.54 Å². The minimum absolute atomic E-state index is 0.122. The molecule has 1 saturated carbocycles. The first-order chi connectivity index (χ1) is 9.78. The van der Waals surface area contributed by atoms with Gasteiger partial charge in [-0.2, -0.15) is 0 Å². The maximum Gasteiger partial charge on any atom is 0.230 e. The molecule has 5 nitrogen and oxygen atoms in total. The number of hydrogen-bond donors (Lipinski definition) is 1. The predicted molar refractivity (Wildman–Crippen MR) is 75.1 cm³/mol. The van der Waals surface area contributed by atoms with Gasteiger partial charge in [0.25, 0.3) is 0 Å². The van der Waals surface area contributed by atoms with Gasteiger partial charge in [0.2, 0.25) is 11.8 Å². The zero-order valence-corrected chi connectivity index (χ0v) is 12.3. The third-order valence-electron chi connectivity index (χ3n) is 4.84. The van der Waals surface area contributed by atoms with E-state index in [0.717, 1.165) is 38.2 Å². The van der Waals surface area contributed by atoms with E-state index >= 15 is 0 Å². The summed E-state index contributed by atoms with van der Waals surface area (Å²) in [5.74, 6) is 1.87. The molecule has 0 spiro atoms. The van der Waals surface area contributed by atoms with E-state index in [2.05, 4.69) is 15.1 Å². The summed E-state index contributed by atoms with van der Waals surface area (Å²) >= 11 is 0. The van der Waals surface area contributed by atoms with Gasteiger partial charge in [-0.05, 0) is 32.2 Å². The van der Waals surface area contributed by atoms with Crippen molar-refractivity contribution in [3.8, 4) is 0 Å². The second kappa shape index (κ2) is 6.22. The van der Waals surface area contributed by atoms with E-state index < -0.39 is 0 Å². The molecule has 112 valence electrons. The molecule has 0 bridgehead atoms. The second-order valence-corrected chi connectivity index (χ2v) is 6.14. The van der Waals surface area contributed by atoms with Crippen molar-refractivity contribution in [1.82, 2.24) is 15.1 Å². The average Bonchev–Trinajstić information content (AvgIpc) is 3.09. The van der Waals surface area contributed by atoms with Gasteiger partial charge in [-0.15, -0.1) is 10.2 Å². The molecule has 0 radical (unpaired) electrons. The Morgan fingerprint density at radius 2 is 1.95 bits per heavy atom. The molecule has 20 heavy (non-hydrogen) atoms. The maximum atomic E-state index is 10.3. The molecule has 3 unspecified atom stereocenters. The van der Waals surface area contributed by atoms with Crippen molar-refractivity contribution < 1.29 is 9.52 Å². The Hall–Kier alpha value is -0.940. The van der Waals surface area contributed by atoms with Gasteiger partial charge in [0.15, 0.2) is 0 Å². The van der Waals surface area contributed by atoms with Crippen LogP contribution in [-0.2, 0) is 13.0 Å². The number of aliphatic hydroxyl groups is 1. The highest BCUT2D eigenvalue weighted by Crippen LogP contribution is 2.35. The van der Waals surface area contributed by atoms with Crippen LogP contribution in [-0.4, -0.2) is 38.9 Å². The molecular weight excluding hydrogens is 254 g/mol. The first kappa shape index (κ1) is 14.0. The van der Waals surface area contributed by atoms with Gasteiger partial charge in [0, 0.05) is 18.4 Å². The van der Waals surface area contributed by atoms with Crippen LogP contribution in [0.4, 0.5) is 0 Å². The predicted octanol–water partition coefficient (Wildman–Crippen LogP) is 2.15. The lowest BCUT2D eigenvalue weighted by Gasteiger charge is -2.36. The lowest BCUT2D eigenvalue weighted by atomic mass is 9.80. The van der Waals surface area contributed by atoms with Crippen LogP contribution in [0.3, 0.4) is 0 Å². The smallest absolute Gasteiger partial charge is 0.230 e. The zero-order valence-electron chi connectivity index (χ0n) is 12.3. The summed E-state index contributed by atoms with van der Waals surface area (Å²) in [5.41, 5.74) is 0. The van der Waals surface area contributed by atoms with E-state index in [1.165, 1.54) is 25.7 Å². The molecule has 0 aromatic carbocycles. The van der Waals surface area contributed by atoms with Gasteiger partial charge in [-0.25, -0.2) is 0 Å². The first-order valence-electron chi connectivity index (χ1n) is 8.01. The van der Waals surface area contributed by atoms with E-state index in [9.17, 15) is 5.11 Å². The zero-order chi connectivity index (χ0) is 13.9. The molecule has 1 saturated heterocycles. The highest BCUT2D eigenvalue weighted by molar-refractivity contribution is 4.92. The van der Waals surface area contributed by atoms with Gasteiger partial charge in [-0.3, -0.25) is 4.90 Å². The van der Waals surface area contributed by atoms with E-state index in [1.807, 2.05) is 6.92 Å². The maximum absolute atomic E-state index is 10.3. The molecule has 1 aliphatic heterocycles. The summed E-state index contributed by atoms with van der Waals surface area (Å²) in [5, 5.41) is 18.4. The third-order valence-corrected chi connectivity index (χ3v) is 4.84. The van der Waals surface area contributed by atoms with Crippen molar-refractivity contribution in [2.24, 2.45) is 5.92 Å². The van der Waals surface area contributed by atoms with Crippen LogP contribution in [0.2, 0.25) is 0 Å². The molecule has 1 aromatic rings. The largest absolute Gasteiger partial charge is 0.424 e. The Kier molecular flexibility index (Phi) is 4.36. The van der Waals surface area contributed by atoms with Crippen molar-refractivity contribution in [3.63, 3.8) is 0 Å². The molecule has 0 amide bonds. The SMILES string of the molecule is CCc1nnc(CN2CCCC2C2CCCCC2O)o1. The molecule has 5 heteroatoms. The molecule has 1 N–H and O–H groups in total. The number of aliphatic hydroxyl groups excluding tert-OH is 1. The molecular formula is C15H25N3O2. The summed E-state index contributed by atoms with van der Waals surface area (Å²) in [4.78, 5) is 2.44. The quantitative estimate of drug-likeness (QED) is 0.915. The summed E-state index contributed by atoms with van der Waals surface area (Å²) < 4.78 is 5.63. The number of nitrogens with zero attached hydrogens (tertiary/aromatic N) is 3. The van der Waals surface area contributed by atoms with Crippen LogP contribution in [0.5, 0.6) is 0 Å². The summed E-state index contributed by atoms with van der Waals surface area (Å²) in [7, 11) is 0. The van der Waals surface area contributed by atoms with Crippen LogP contribution in [0.15, 0.2) is 4.42 Å². The van der Waals surface area contributed by atoms with Gasteiger partial charge in [0.05, 0.1) is 12.6 Å². The fourth-order valence-corrected chi connectivity index (χ4v) is 3.79. The van der Waals surface area contributed by atoms with Crippen molar-refractivity contribution in [1.29, 1.82) is 0 Å². The topological polar surface area (TPSA) is 62.4 Å². The Labute approximate surface area is 120 Å². The summed E-state index contributed by atoms with van der Waals surface area (Å²) in [6, 6.07) is 0.488. The van der Waals surface area contributed by atoms with Crippen LogP contribution in [0.25, 0.3) is 0 Å². The van der Waals surface area contributed by atoms with Crippen molar-refractivity contribution in [2.45, 2.75) is 70.6 Å².